The van der Waals surface area contributed by atoms with E-state index in [1.807, 2.05) is 36.5 Å². The van der Waals surface area contributed by atoms with Crippen molar-refractivity contribution in [2.75, 3.05) is 0 Å². The van der Waals surface area contributed by atoms with Gasteiger partial charge in [-0.1, -0.05) is 24.3 Å². The second-order valence-electron chi connectivity index (χ2n) is 2.70. The minimum atomic E-state index is 1.48. The Morgan fingerprint density at radius 2 is 1.00 bits per heavy atom. The van der Waals surface area contributed by atoms with Gasteiger partial charge in [0.15, 0.2) is 0 Å². The molecule has 1 aliphatic heterocycles. The highest BCUT2D eigenvalue weighted by Crippen LogP contribution is 1.82. The van der Waals surface area contributed by atoms with Crippen LogP contribution in [0.2, 0.25) is 0 Å². The normalized spacial score (nSPS) is 16.0. The van der Waals surface area contributed by atoms with E-state index in [9.17, 15) is 0 Å². The summed E-state index contributed by atoms with van der Waals surface area (Å²) in [6, 6.07) is 0. The molecule has 0 unspecified atom stereocenters. The van der Waals surface area contributed by atoms with Crippen LogP contribution in [-0.2, 0) is 0 Å². The Kier molecular flexibility index (Phi) is 6.83. The van der Waals surface area contributed by atoms with Gasteiger partial charge in [0.25, 0.3) is 0 Å². The van der Waals surface area contributed by atoms with Crippen molar-refractivity contribution in [3.63, 3.8) is 0 Å². The van der Waals surface area contributed by atoms with E-state index in [4.69, 9.17) is 0 Å². The van der Waals surface area contributed by atoms with Gasteiger partial charge >= 0.3 is 0 Å². The first-order valence-corrected chi connectivity index (χ1v) is 4.88. The van der Waals surface area contributed by atoms with Crippen LogP contribution in [0.1, 0.15) is 0 Å². The maximum Gasteiger partial charge on any atom is 0.115 e. The number of hydrogen-bond acceptors (Lipinski definition) is 3. The predicted octanol–water partition coefficient (Wildman–Crippen LogP) is 2.87. The van der Waals surface area contributed by atoms with Crippen LogP contribution in [0.3, 0.4) is 0 Å². The Hall–Kier alpha value is -2.29. The molecule has 0 saturated heterocycles. The lowest BCUT2D eigenvalue weighted by molar-refractivity contribution is 1.53. The van der Waals surface area contributed by atoms with Crippen molar-refractivity contribution in [2.45, 2.75) is 0 Å². The van der Waals surface area contributed by atoms with Crippen LogP contribution >= 0.6 is 0 Å². The molecule has 0 bridgehead atoms. The van der Waals surface area contributed by atoms with Gasteiger partial charge in [0.05, 0.1) is 0 Å². The van der Waals surface area contributed by atoms with Crippen LogP contribution in [0.15, 0.2) is 76.0 Å². The second-order valence-corrected chi connectivity index (χ2v) is 2.70. The largest absolute Gasteiger partial charge is 0.265 e. The van der Waals surface area contributed by atoms with Gasteiger partial charge in [0.2, 0.25) is 0 Å². The maximum atomic E-state index is 4.02. The van der Waals surface area contributed by atoms with Crippen molar-refractivity contribution in [3.05, 3.63) is 61.0 Å². The number of hydrogen-bond donors (Lipinski definition) is 0. The first kappa shape index (κ1) is 11.8. The van der Waals surface area contributed by atoms with Crippen molar-refractivity contribution in [1.82, 2.24) is 0 Å². The molecule has 1 aliphatic rings. The summed E-state index contributed by atoms with van der Waals surface area (Å²) in [5.74, 6) is 0. The molecule has 0 aromatic rings. The number of rotatable bonds is 0. The molecule has 3 heteroatoms. The molecule has 0 spiro atoms. The van der Waals surface area contributed by atoms with Gasteiger partial charge in [-0.15, -0.1) is 0 Å². The monoisotopic (exact) mass is 211 g/mol. The fourth-order valence-electron chi connectivity index (χ4n) is 0.819. The van der Waals surface area contributed by atoms with Crippen molar-refractivity contribution in [1.29, 1.82) is 0 Å². The smallest absolute Gasteiger partial charge is 0.115 e. The van der Waals surface area contributed by atoms with E-state index >= 15 is 0 Å². The van der Waals surface area contributed by atoms with E-state index in [0.29, 0.717) is 0 Å². The van der Waals surface area contributed by atoms with E-state index in [1.165, 1.54) is 6.34 Å². The molecular weight excluding hydrogens is 198 g/mol. The van der Waals surface area contributed by atoms with Crippen LogP contribution in [0.5, 0.6) is 0 Å². The summed E-state index contributed by atoms with van der Waals surface area (Å²) in [6.07, 6.45) is 23.1. The van der Waals surface area contributed by atoms with Crippen LogP contribution in [0.4, 0.5) is 0 Å². The molecular formula is C13H13N3. The average molecular weight is 211 g/mol. The Bertz CT molecular complexity index is 253. The van der Waals surface area contributed by atoms with Gasteiger partial charge in [-0.05, 0) is 24.3 Å². The lowest BCUT2D eigenvalue weighted by Crippen LogP contribution is -1.67. The van der Waals surface area contributed by atoms with Crippen LogP contribution in [0.25, 0.3) is 0 Å². The van der Waals surface area contributed by atoms with E-state index in [0.717, 1.165) is 0 Å². The summed E-state index contributed by atoms with van der Waals surface area (Å²) < 4.78 is 0. The molecule has 0 aliphatic carbocycles. The third-order valence-electron chi connectivity index (χ3n) is 1.49. The SMILES string of the molecule is C1=CC=CC=NC=NC=CC=CN=CC=C1. The molecule has 3 nitrogen and oxygen atoms in total. The van der Waals surface area contributed by atoms with E-state index in [-0.39, 0.29) is 0 Å². The summed E-state index contributed by atoms with van der Waals surface area (Å²) in [7, 11) is 0. The highest BCUT2D eigenvalue weighted by atomic mass is 14.8. The fourth-order valence-corrected chi connectivity index (χ4v) is 0.819. The minimum Gasteiger partial charge on any atom is -0.265 e. The Balaban J connectivity index is 2.67. The van der Waals surface area contributed by atoms with Gasteiger partial charge in [-0.2, -0.15) is 0 Å². The summed E-state index contributed by atoms with van der Waals surface area (Å²) in [5, 5.41) is 0. The third kappa shape index (κ3) is 7.15. The minimum absolute atomic E-state index is 1.48. The number of aliphatic imine (C=N–C) groups is 3. The molecule has 0 aromatic heterocycles. The lowest BCUT2D eigenvalue weighted by atomic mass is 10.4. The fraction of sp³-hybridized carbons (Fsp3) is 0. The molecule has 0 atom stereocenters. The molecule has 16 heavy (non-hydrogen) atoms. The zero-order valence-electron chi connectivity index (χ0n) is 8.85. The van der Waals surface area contributed by atoms with Crippen molar-refractivity contribution < 1.29 is 0 Å². The highest BCUT2D eigenvalue weighted by molar-refractivity contribution is 5.80. The van der Waals surface area contributed by atoms with E-state index in [2.05, 4.69) is 15.0 Å². The molecule has 0 aromatic carbocycles. The first-order chi connectivity index (χ1) is 8.00. The first-order valence-electron chi connectivity index (χ1n) is 4.88. The highest BCUT2D eigenvalue weighted by Gasteiger charge is 1.66. The Labute approximate surface area is 95.4 Å². The van der Waals surface area contributed by atoms with Crippen molar-refractivity contribution >= 4 is 18.8 Å². The standard InChI is InChI=1S/C13H13N3/c1-2-4-6-11-15-13-16-12-8-7-10-14-9-5-3-1/h1-13H. The second kappa shape index (κ2) is 9.27. The molecule has 1 heterocycles. The van der Waals surface area contributed by atoms with Crippen LogP contribution in [0, 0.1) is 0 Å². The molecule has 0 radical (unpaired) electrons. The molecule has 0 fully saturated rings. The van der Waals surface area contributed by atoms with Crippen LogP contribution in [-0.4, -0.2) is 18.8 Å². The topological polar surface area (TPSA) is 37.1 Å². The summed E-state index contributed by atoms with van der Waals surface area (Å²) in [5.41, 5.74) is 0. The van der Waals surface area contributed by atoms with Gasteiger partial charge < -0.3 is 0 Å². The molecule has 0 amide bonds. The Morgan fingerprint density at radius 3 is 1.75 bits per heavy atom. The quantitative estimate of drug-likeness (QED) is 0.591. The Morgan fingerprint density at radius 1 is 0.438 bits per heavy atom. The lowest BCUT2D eigenvalue weighted by Gasteiger charge is -1.77. The number of nitrogens with zero attached hydrogens (tertiary/aromatic N) is 3. The molecule has 80 valence electrons. The van der Waals surface area contributed by atoms with E-state index in [1.54, 1.807) is 37.0 Å². The van der Waals surface area contributed by atoms with E-state index < -0.39 is 0 Å². The zero-order valence-corrected chi connectivity index (χ0v) is 8.85. The maximum absolute atomic E-state index is 4.02. The molecule has 0 saturated carbocycles. The van der Waals surface area contributed by atoms with Crippen LogP contribution < -0.4 is 0 Å². The summed E-state index contributed by atoms with van der Waals surface area (Å²) >= 11 is 0. The molecule has 1 rings (SSSR count). The predicted molar refractivity (Wildman–Crippen MR) is 71.2 cm³/mol. The van der Waals surface area contributed by atoms with Crippen molar-refractivity contribution in [2.24, 2.45) is 15.0 Å². The zero-order chi connectivity index (χ0) is 11.3. The number of allylic oxidation sites excluding steroid dienone is 8. The molecule has 0 N–H and O–H groups in total. The van der Waals surface area contributed by atoms with Gasteiger partial charge in [0.1, 0.15) is 6.34 Å². The van der Waals surface area contributed by atoms with Gasteiger partial charge in [0, 0.05) is 24.8 Å². The van der Waals surface area contributed by atoms with Gasteiger partial charge in [-0.3, -0.25) is 4.99 Å². The third-order valence-corrected chi connectivity index (χ3v) is 1.49. The van der Waals surface area contributed by atoms with Gasteiger partial charge in [-0.25, -0.2) is 9.98 Å². The average Bonchev–Trinajstić information content (AvgIpc) is 2.29. The summed E-state index contributed by atoms with van der Waals surface area (Å²) in [4.78, 5) is 11.9. The van der Waals surface area contributed by atoms with Crippen molar-refractivity contribution in [3.8, 4) is 0 Å². The summed E-state index contributed by atoms with van der Waals surface area (Å²) in [6.45, 7) is 0.